The van der Waals surface area contributed by atoms with Crippen molar-refractivity contribution in [3.63, 3.8) is 0 Å². The van der Waals surface area contributed by atoms with Gasteiger partial charge in [0.15, 0.2) is 0 Å². The molecule has 2 nitrogen and oxygen atoms in total. The fraction of sp³-hybridized carbons (Fsp3) is 0.600. The van der Waals surface area contributed by atoms with Crippen molar-refractivity contribution in [1.82, 2.24) is 0 Å². The Kier molecular flexibility index (Phi) is 4.02. The molecular weight excluding hydrogens is 290 g/mol. The van der Waals surface area contributed by atoms with E-state index in [-0.39, 0.29) is 17.6 Å². The summed E-state index contributed by atoms with van der Waals surface area (Å²) in [6, 6.07) is 6.46. The monoisotopic (exact) mass is 311 g/mol. The van der Waals surface area contributed by atoms with E-state index < -0.39 is 0 Å². The number of aryl methyl sites for hydroxylation is 1. The molecule has 2 atom stereocenters. The summed E-state index contributed by atoms with van der Waals surface area (Å²) in [5.74, 6) is 0.979. The van der Waals surface area contributed by atoms with Crippen molar-refractivity contribution in [2.24, 2.45) is 11.1 Å². The second kappa shape index (κ2) is 5.22. The van der Waals surface area contributed by atoms with Crippen LogP contribution in [0.25, 0.3) is 0 Å². The lowest BCUT2D eigenvalue weighted by Crippen LogP contribution is -2.63. The average molecular weight is 312 g/mol. The number of ether oxygens (including phenoxy) is 1. The molecule has 1 aromatic carbocycles. The molecule has 1 aliphatic carbocycles. The highest BCUT2D eigenvalue weighted by molar-refractivity contribution is 9.10. The molecule has 0 radical (unpaired) electrons. The lowest BCUT2D eigenvalue weighted by atomic mass is 9.59. The molecule has 1 aromatic rings. The molecule has 0 aromatic heterocycles. The van der Waals surface area contributed by atoms with E-state index >= 15 is 0 Å². The largest absolute Gasteiger partial charge is 0.489 e. The summed E-state index contributed by atoms with van der Waals surface area (Å²) in [6.45, 7) is 6.51. The van der Waals surface area contributed by atoms with Gasteiger partial charge in [-0.05, 0) is 37.5 Å². The summed E-state index contributed by atoms with van der Waals surface area (Å²) in [5, 5.41) is 0. The predicted molar refractivity (Wildman–Crippen MR) is 78.9 cm³/mol. The first kappa shape index (κ1) is 13.9. The second-order valence-corrected chi connectivity index (χ2v) is 6.21. The maximum absolute atomic E-state index is 6.22. The van der Waals surface area contributed by atoms with E-state index in [1.54, 1.807) is 0 Å². The van der Waals surface area contributed by atoms with Gasteiger partial charge in [-0.25, -0.2) is 0 Å². The van der Waals surface area contributed by atoms with Crippen LogP contribution in [-0.4, -0.2) is 12.1 Å². The van der Waals surface area contributed by atoms with Crippen LogP contribution in [-0.2, 0) is 0 Å². The zero-order chi connectivity index (χ0) is 13.3. The number of benzene rings is 1. The second-order valence-electron chi connectivity index (χ2n) is 5.30. The highest BCUT2D eigenvalue weighted by atomic mass is 79.9. The van der Waals surface area contributed by atoms with Crippen molar-refractivity contribution >= 4 is 15.9 Å². The van der Waals surface area contributed by atoms with Crippen LogP contribution in [0.5, 0.6) is 5.75 Å². The van der Waals surface area contributed by atoms with Crippen molar-refractivity contribution in [3.8, 4) is 5.75 Å². The maximum atomic E-state index is 6.22. The predicted octanol–water partition coefficient (Wildman–Crippen LogP) is 4.04. The molecule has 0 saturated heterocycles. The molecule has 0 bridgehead atoms. The molecule has 100 valence electrons. The third-order valence-electron chi connectivity index (χ3n) is 4.58. The number of hydrogen-bond acceptors (Lipinski definition) is 2. The molecule has 1 aliphatic rings. The third kappa shape index (κ3) is 2.19. The molecule has 2 N–H and O–H groups in total. The zero-order valence-electron chi connectivity index (χ0n) is 11.4. The Hall–Kier alpha value is -0.540. The Balaban J connectivity index is 2.17. The van der Waals surface area contributed by atoms with Gasteiger partial charge >= 0.3 is 0 Å². The van der Waals surface area contributed by atoms with E-state index in [1.807, 2.05) is 6.07 Å². The molecule has 1 fully saturated rings. The number of halogens is 1. The van der Waals surface area contributed by atoms with Gasteiger partial charge in [-0.3, -0.25) is 0 Å². The van der Waals surface area contributed by atoms with E-state index in [0.717, 1.165) is 29.5 Å². The Morgan fingerprint density at radius 2 is 2.06 bits per heavy atom. The quantitative estimate of drug-likeness (QED) is 0.910. The Labute approximate surface area is 118 Å². The van der Waals surface area contributed by atoms with Gasteiger partial charge < -0.3 is 10.5 Å². The van der Waals surface area contributed by atoms with Crippen LogP contribution < -0.4 is 10.5 Å². The molecule has 0 aliphatic heterocycles. The van der Waals surface area contributed by atoms with E-state index in [0.29, 0.717) is 0 Å². The first-order valence-electron chi connectivity index (χ1n) is 6.72. The molecule has 3 heteroatoms. The molecule has 18 heavy (non-hydrogen) atoms. The molecule has 0 heterocycles. The molecule has 1 saturated carbocycles. The summed E-state index contributed by atoms with van der Waals surface area (Å²) in [7, 11) is 0. The van der Waals surface area contributed by atoms with Gasteiger partial charge in [0.25, 0.3) is 0 Å². The number of hydrogen-bond donors (Lipinski definition) is 1. The van der Waals surface area contributed by atoms with E-state index in [2.05, 4.69) is 48.8 Å². The molecule has 2 unspecified atom stereocenters. The van der Waals surface area contributed by atoms with Crippen LogP contribution in [0.4, 0.5) is 0 Å². The van der Waals surface area contributed by atoms with Crippen molar-refractivity contribution in [2.45, 2.75) is 52.2 Å². The number of rotatable bonds is 4. The molecule has 0 amide bonds. The molecule has 0 spiro atoms. The lowest BCUT2D eigenvalue weighted by Gasteiger charge is -2.53. The van der Waals surface area contributed by atoms with E-state index in [1.165, 1.54) is 5.56 Å². The Morgan fingerprint density at radius 1 is 1.39 bits per heavy atom. The highest BCUT2D eigenvalue weighted by Crippen LogP contribution is 2.48. The molecular formula is C15H22BrNO. The van der Waals surface area contributed by atoms with Crippen molar-refractivity contribution in [3.05, 3.63) is 28.2 Å². The maximum Gasteiger partial charge on any atom is 0.123 e. The van der Waals surface area contributed by atoms with Crippen molar-refractivity contribution in [2.75, 3.05) is 0 Å². The summed E-state index contributed by atoms with van der Waals surface area (Å²) < 4.78 is 7.28. The first-order chi connectivity index (χ1) is 8.53. The van der Waals surface area contributed by atoms with Gasteiger partial charge in [0.05, 0.1) is 0 Å². The third-order valence-corrected chi connectivity index (χ3v) is 5.08. The van der Waals surface area contributed by atoms with E-state index in [4.69, 9.17) is 10.5 Å². The van der Waals surface area contributed by atoms with Gasteiger partial charge in [0.1, 0.15) is 11.9 Å². The first-order valence-corrected chi connectivity index (χ1v) is 7.51. The van der Waals surface area contributed by atoms with Crippen molar-refractivity contribution in [1.29, 1.82) is 0 Å². The summed E-state index contributed by atoms with van der Waals surface area (Å²) >= 11 is 3.50. The Bertz CT molecular complexity index is 429. The van der Waals surface area contributed by atoms with Crippen LogP contribution in [0.1, 0.15) is 38.7 Å². The van der Waals surface area contributed by atoms with Gasteiger partial charge in [-0.1, -0.05) is 35.8 Å². The standard InChI is InChI=1S/C15H22BrNO/c1-4-15(5-2)13(17)9-14(15)18-12-8-11(16)7-6-10(12)3/h6-8,13-14H,4-5,9,17H2,1-3H3. The highest BCUT2D eigenvalue weighted by Gasteiger charge is 2.52. The van der Waals surface area contributed by atoms with Crippen molar-refractivity contribution < 1.29 is 4.74 Å². The van der Waals surface area contributed by atoms with Gasteiger partial charge in [-0.15, -0.1) is 0 Å². The smallest absolute Gasteiger partial charge is 0.123 e. The fourth-order valence-electron chi connectivity index (χ4n) is 3.03. The zero-order valence-corrected chi connectivity index (χ0v) is 13.0. The van der Waals surface area contributed by atoms with E-state index in [9.17, 15) is 0 Å². The van der Waals surface area contributed by atoms with Crippen LogP contribution in [0.2, 0.25) is 0 Å². The van der Waals surface area contributed by atoms with Gasteiger partial charge in [0, 0.05) is 22.4 Å². The molecule has 2 rings (SSSR count). The summed E-state index contributed by atoms with van der Waals surface area (Å²) in [6.07, 6.45) is 3.40. The minimum Gasteiger partial charge on any atom is -0.489 e. The van der Waals surface area contributed by atoms with Gasteiger partial charge in [0.2, 0.25) is 0 Å². The SMILES string of the molecule is CCC1(CC)C(N)CC1Oc1cc(Br)ccc1C. The summed E-state index contributed by atoms with van der Waals surface area (Å²) in [4.78, 5) is 0. The normalized spacial score (nSPS) is 25.6. The van der Waals surface area contributed by atoms with Crippen LogP contribution in [0.15, 0.2) is 22.7 Å². The summed E-state index contributed by atoms with van der Waals surface area (Å²) in [5.41, 5.74) is 7.54. The number of nitrogens with two attached hydrogens (primary N) is 1. The Morgan fingerprint density at radius 3 is 2.61 bits per heavy atom. The van der Waals surface area contributed by atoms with Crippen LogP contribution in [0.3, 0.4) is 0 Å². The minimum absolute atomic E-state index is 0.161. The lowest BCUT2D eigenvalue weighted by molar-refractivity contribution is -0.0725. The fourth-order valence-corrected chi connectivity index (χ4v) is 3.37. The van der Waals surface area contributed by atoms with Crippen LogP contribution >= 0.6 is 15.9 Å². The minimum atomic E-state index is 0.161. The van der Waals surface area contributed by atoms with Gasteiger partial charge in [-0.2, -0.15) is 0 Å². The topological polar surface area (TPSA) is 35.2 Å². The average Bonchev–Trinajstić information content (AvgIpc) is 2.35. The van der Waals surface area contributed by atoms with Crippen LogP contribution in [0, 0.1) is 12.3 Å².